The van der Waals surface area contributed by atoms with Gasteiger partial charge in [0.05, 0.1) is 0 Å². The van der Waals surface area contributed by atoms with Gasteiger partial charge in [0.1, 0.15) is 0 Å². The van der Waals surface area contributed by atoms with Crippen LogP contribution in [0.15, 0.2) is 16.7 Å². The number of halogens is 2. The molecule has 0 saturated carbocycles. The molecule has 1 N–H and O–H groups in total. The van der Waals surface area contributed by atoms with Gasteiger partial charge in [-0.2, -0.15) is 0 Å². The van der Waals surface area contributed by atoms with Crippen molar-refractivity contribution in [1.29, 1.82) is 0 Å². The third-order valence-electron chi connectivity index (χ3n) is 1.93. The van der Waals surface area contributed by atoms with Crippen LogP contribution >= 0.6 is 32.9 Å². The number of rotatable bonds is 0. The van der Waals surface area contributed by atoms with Crippen LogP contribution in [0.2, 0.25) is 0 Å². The van der Waals surface area contributed by atoms with Crippen molar-refractivity contribution in [3.8, 4) is 0 Å². The molecule has 0 saturated heterocycles. The summed E-state index contributed by atoms with van der Waals surface area (Å²) in [5.41, 5.74) is 2.55. The number of pyridine rings is 1. The lowest BCUT2D eigenvalue weighted by molar-refractivity contribution is 0.628. The first-order chi connectivity index (χ1) is 5.38. The summed E-state index contributed by atoms with van der Waals surface area (Å²) in [5, 5.41) is 3.31. The van der Waals surface area contributed by atoms with Crippen molar-refractivity contribution in [2.75, 3.05) is 6.54 Å². The van der Waals surface area contributed by atoms with Crippen LogP contribution in [0, 0.1) is 0 Å². The summed E-state index contributed by atoms with van der Waals surface area (Å²) in [6.07, 6.45) is 2.91. The van der Waals surface area contributed by atoms with Crippen molar-refractivity contribution in [3.05, 3.63) is 28.0 Å². The highest BCUT2D eigenvalue weighted by atomic mass is 79.9. The molecule has 0 amide bonds. The molecule has 66 valence electrons. The quantitative estimate of drug-likeness (QED) is 0.792. The summed E-state index contributed by atoms with van der Waals surface area (Å²) >= 11 is 3.50. The highest BCUT2D eigenvalue weighted by Crippen LogP contribution is 2.20. The van der Waals surface area contributed by atoms with E-state index >= 15 is 0 Å². The fourth-order valence-corrected chi connectivity index (χ4v) is 1.82. The number of nitrogens with zero attached hydrogens (tertiary/aromatic N) is 1. The molecule has 1 aromatic heterocycles. The number of aromatic nitrogens is 1. The average molecular weight is 294 g/mol. The van der Waals surface area contributed by atoms with E-state index in [0.717, 1.165) is 19.5 Å². The lowest BCUT2D eigenvalue weighted by Crippen LogP contribution is -2.24. The number of nitrogens with one attached hydrogen (secondary N) is 1. The van der Waals surface area contributed by atoms with Crippen LogP contribution in [0.1, 0.15) is 11.3 Å². The van der Waals surface area contributed by atoms with Gasteiger partial charge >= 0.3 is 0 Å². The fraction of sp³-hybridized carbons (Fsp3) is 0.375. The lowest BCUT2D eigenvalue weighted by Gasteiger charge is -2.16. The highest BCUT2D eigenvalue weighted by Gasteiger charge is 2.11. The van der Waals surface area contributed by atoms with E-state index in [2.05, 4.69) is 26.2 Å². The minimum atomic E-state index is 0. The van der Waals surface area contributed by atoms with Crippen molar-refractivity contribution in [3.63, 3.8) is 0 Å². The number of hydrogen-bond acceptors (Lipinski definition) is 2. The molecule has 1 aliphatic rings. The molecule has 0 atom stereocenters. The predicted molar refractivity (Wildman–Crippen MR) is 57.7 cm³/mol. The Hall–Kier alpha value is 0.0700. The minimum absolute atomic E-state index is 0. The zero-order chi connectivity index (χ0) is 7.68. The molecule has 0 radical (unpaired) electrons. The predicted octanol–water partition coefficient (Wildman–Crippen LogP) is 2.07. The van der Waals surface area contributed by atoms with Crippen molar-refractivity contribution in [2.24, 2.45) is 0 Å². The molecular weight excluding hydrogens is 284 g/mol. The van der Waals surface area contributed by atoms with Crippen LogP contribution < -0.4 is 5.32 Å². The molecular formula is C8H10Br2N2. The molecule has 1 aromatic rings. The maximum Gasteiger partial charge on any atom is 0.0472 e. The number of fused-ring (bicyclic) bond motifs is 1. The van der Waals surface area contributed by atoms with E-state index in [9.17, 15) is 0 Å². The maximum absolute atomic E-state index is 4.31. The third-order valence-corrected chi connectivity index (χ3v) is 2.67. The first-order valence-electron chi connectivity index (χ1n) is 3.71. The van der Waals surface area contributed by atoms with E-state index in [1.807, 2.05) is 12.3 Å². The molecule has 2 rings (SSSR count). The Labute approximate surface area is 90.7 Å². The van der Waals surface area contributed by atoms with Crippen LogP contribution in [0.4, 0.5) is 0 Å². The van der Waals surface area contributed by atoms with Gasteiger partial charge in [-0.3, -0.25) is 4.98 Å². The van der Waals surface area contributed by atoms with Crippen LogP contribution in [0.25, 0.3) is 0 Å². The Morgan fingerprint density at radius 3 is 3.08 bits per heavy atom. The van der Waals surface area contributed by atoms with E-state index in [-0.39, 0.29) is 17.0 Å². The van der Waals surface area contributed by atoms with E-state index in [0.29, 0.717) is 0 Å². The van der Waals surface area contributed by atoms with Crippen LogP contribution in [-0.4, -0.2) is 11.5 Å². The smallest absolute Gasteiger partial charge is 0.0472 e. The topological polar surface area (TPSA) is 24.9 Å². The molecule has 1 aliphatic heterocycles. The third kappa shape index (κ3) is 1.87. The van der Waals surface area contributed by atoms with Crippen molar-refractivity contribution in [2.45, 2.75) is 13.0 Å². The molecule has 2 heterocycles. The number of hydrogen-bond donors (Lipinski definition) is 1. The molecule has 0 unspecified atom stereocenters. The summed E-state index contributed by atoms with van der Waals surface area (Å²) in [6.45, 7) is 2.00. The summed E-state index contributed by atoms with van der Waals surface area (Å²) in [7, 11) is 0. The van der Waals surface area contributed by atoms with Crippen LogP contribution in [0.5, 0.6) is 0 Å². The van der Waals surface area contributed by atoms with Gasteiger partial charge in [-0.15, -0.1) is 17.0 Å². The second kappa shape index (κ2) is 4.35. The van der Waals surface area contributed by atoms with Gasteiger partial charge in [-0.05, 0) is 6.07 Å². The van der Waals surface area contributed by atoms with Crippen molar-refractivity contribution >= 4 is 32.9 Å². The SMILES string of the molecule is Br.Brc1ccnc2c1CNCC2. The molecule has 0 fully saturated rings. The van der Waals surface area contributed by atoms with Crippen molar-refractivity contribution in [1.82, 2.24) is 10.3 Å². The molecule has 0 bridgehead atoms. The molecule has 0 spiro atoms. The standard InChI is InChI=1S/C8H9BrN2.BrH/c9-7-1-4-11-8-2-3-10-5-6(7)8;/h1,4,10H,2-3,5H2;1H. The van der Waals surface area contributed by atoms with E-state index in [4.69, 9.17) is 0 Å². The van der Waals surface area contributed by atoms with E-state index in [1.54, 1.807) is 0 Å². The average Bonchev–Trinajstić information content (AvgIpc) is 2.06. The first-order valence-corrected chi connectivity index (χ1v) is 4.50. The van der Waals surface area contributed by atoms with Crippen LogP contribution in [-0.2, 0) is 13.0 Å². The lowest BCUT2D eigenvalue weighted by atomic mass is 10.1. The van der Waals surface area contributed by atoms with Gasteiger partial charge in [0, 0.05) is 41.4 Å². The largest absolute Gasteiger partial charge is 0.312 e. The first kappa shape index (κ1) is 10.2. The second-order valence-corrected chi connectivity index (χ2v) is 3.50. The minimum Gasteiger partial charge on any atom is -0.312 e. The molecule has 12 heavy (non-hydrogen) atoms. The van der Waals surface area contributed by atoms with Gasteiger partial charge in [0.2, 0.25) is 0 Å². The van der Waals surface area contributed by atoms with Crippen molar-refractivity contribution < 1.29 is 0 Å². The van der Waals surface area contributed by atoms with E-state index < -0.39 is 0 Å². The molecule has 0 aliphatic carbocycles. The summed E-state index contributed by atoms with van der Waals surface area (Å²) in [4.78, 5) is 4.31. The summed E-state index contributed by atoms with van der Waals surface area (Å²) in [6, 6.07) is 1.99. The highest BCUT2D eigenvalue weighted by molar-refractivity contribution is 9.10. The fourth-order valence-electron chi connectivity index (χ4n) is 1.33. The normalized spacial score (nSPS) is 14.8. The van der Waals surface area contributed by atoms with Gasteiger partial charge in [-0.25, -0.2) is 0 Å². The molecule has 4 heteroatoms. The Bertz CT molecular complexity index is 276. The Morgan fingerprint density at radius 2 is 2.33 bits per heavy atom. The van der Waals surface area contributed by atoms with Gasteiger partial charge in [-0.1, -0.05) is 15.9 Å². The van der Waals surface area contributed by atoms with Gasteiger partial charge < -0.3 is 5.32 Å². The Kier molecular flexibility index (Phi) is 3.68. The zero-order valence-corrected chi connectivity index (χ0v) is 9.81. The summed E-state index contributed by atoms with van der Waals surface area (Å²) in [5.74, 6) is 0. The monoisotopic (exact) mass is 292 g/mol. The maximum atomic E-state index is 4.31. The Morgan fingerprint density at radius 1 is 1.50 bits per heavy atom. The van der Waals surface area contributed by atoms with Crippen LogP contribution in [0.3, 0.4) is 0 Å². The summed E-state index contributed by atoms with van der Waals surface area (Å²) < 4.78 is 1.18. The van der Waals surface area contributed by atoms with Gasteiger partial charge in [0.15, 0.2) is 0 Å². The van der Waals surface area contributed by atoms with E-state index in [1.165, 1.54) is 15.7 Å². The second-order valence-electron chi connectivity index (χ2n) is 2.64. The zero-order valence-electron chi connectivity index (χ0n) is 6.51. The van der Waals surface area contributed by atoms with Gasteiger partial charge in [0.25, 0.3) is 0 Å². The Balaban J connectivity index is 0.000000720. The molecule has 0 aromatic carbocycles. The molecule has 2 nitrogen and oxygen atoms in total.